The van der Waals surface area contributed by atoms with E-state index in [0.29, 0.717) is 35.1 Å². The Bertz CT molecular complexity index is 974. The topological polar surface area (TPSA) is 37.4 Å². The Hall–Kier alpha value is -1.62. The lowest BCUT2D eigenvalue weighted by atomic mass is 9.74. The van der Waals surface area contributed by atoms with Gasteiger partial charge in [-0.05, 0) is 42.7 Å². The highest BCUT2D eigenvalue weighted by Crippen LogP contribution is 2.49. The Morgan fingerprint density at radius 1 is 1.07 bits per heavy atom. The Balaban J connectivity index is 1.49. The molecule has 0 saturated carbocycles. The van der Waals surface area contributed by atoms with E-state index < -0.39 is 0 Å². The molecule has 0 atom stereocenters. The standard InChI is InChI=1S/C22H18BrCl2NO2/c23-16-4-1-3-15-19(27)13-22(21(15)16)9-11-26(12-10-22)20(28)8-7-14-17(24)5-2-6-18(14)25/h1-8H,9-13H2. The predicted octanol–water partition coefficient (Wildman–Crippen LogP) is 5.92. The van der Waals surface area contributed by atoms with Crippen molar-refractivity contribution >= 4 is 56.9 Å². The van der Waals surface area contributed by atoms with Gasteiger partial charge < -0.3 is 4.90 Å². The van der Waals surface area contributed by atoms with Crippen molar-refractivity contribution in [3.8, 4) is 0 Å². The molecule has 4 rings (SSSR count). The molecule has 1 fully saturated rings. The average molecular weight is 479 g/mol. The molecule has 144 valence electrons. The molecule has 0 N–H and O–H groups in total. The van der Waals surface area contributed by atoms with E-state index in [4.69, 9.17) is 23.2 Å². The lowest BCUT2D eigenvalue weighted by molar-refractivity contribution is -0.127. The first kappa shape index (κ1) is 19.7. The van der Waals surface area contributed by atoms with Crippen molar-refractivity contribution in [1.29, 1.82) is 0 Å². The average Bonchev–Trinajstić information content (AvgIpc) is 2.94. The van der Waals surface area contributed by atoms with Gasteiger partial charge in [-0.1, -0.05) is 57.3 Å². The second-order valence-corrected chi connectivity index (χ2v) is 9.01. The van der Waals surface area contributed by atoms with Gasteiger partial charge in [-0.3, -0.25) is 9.59 Å². The second kappa shape index (κ2) is 7.66. The smallest absolute Gasteiger partial charge is 0.246 e. The number of likely N-dealkylation sites (tertiary alicyclic amines) is 1. The van der Waals surface area contributed by atoms with Crippen molar-refractivity contribution in [2.75, 3.05) is 13.1 Å². The normalized spacial score (nSPS) is 18.1. The Kier molecular flexibility index (Phi) is 5.38. The fourth-order valence-electron chi connectivity index (χ4n) is 4.30. The molecule has 2 aromatic rings. The van der Waals surface area contributed by atoms with E-state index in [1.54, 1.807) is 24.3 Å². The quantitative estimate of drug-likeness (QED) is 0.502. The zero-order chi connectivity index (χ0) is 19.9. The summed E-state index contributed by atoms with van der Waals surface area (Å²) in [5, 5.41) is 1.03. The number of Topliss-reactive ketones (excluding diaryl/α,β-unsaturated/α-hetero) is 1. The molecule has 1 aliphatic heterocycles. The van der Waals surface area contributed by atoms with E-state index in [-0.39, 0.29) is 17.1 Å². The number of piperidine rings is 1. The number of fused-ring (bicyclic) bond motifs is 2. The van der Waals surface area contributed by atoms with Gasteiger partial charge in [0.1, 0.15) is 0 Å². The number of hydrogen-bond acceptors (Lipinski definition) is 2. The van der Waals surface area contributed by atoms with E-state index in [1.165, 1.54) is 6.08 Å². The highest BCUT2D eigenvalue weighted by atomic mass is 79.9. The largest absolute Gasteiger partial charge is 0.339 e. The Labute approximate surface area is 182 Å². The Morgan fingerprint density at radius 2 is 1.71 bits per heavy atom. The van der Waals surface area contributed by atoms with Gasteiger partial charge >= 0.3 is 0 Å². The van der Waals surface area contributed by atoms with Crippen LogP contribution in [-0.2, 0) is 10.2 Å². The van der Waals surface area contributed by atoms with E-state index in [9.17, 15) is 9.59 Å². The van der Waals surface area contributed by atoms with Gasteiger partial charge in [0.15, 0.2) is 5.78 Å². The summed E-state index contributed by atoms with van der Waals surface area (Å²) in [6, 6.07) is 11.1. The van der Waals surface area contributed by atoms with Crippen LogP contribution in [0.25, 0.3) is 6.08 Å². The number of carbonyl (C=O) groups excluding carboxylic acids is 2. The Morgan fingerprint density at radius 3 is 2.39 bits per heavy atom. The zero-order valence-electron chi connectivity index (χ0n) is 15.1. The van der Waals surface area contributed by atoms with Crippen LogP contribution in [0.5, 0.6) is 0 Å². The third-order valence-corrected chi connectivity index (χ3v) is 7.09. The van der Waals surface area contributed by atoms with Crippen LogP contribution in [0.2, 0.25) is 10.0 Å². The van der Waals surface area contributed by atoms with Crippen LogP contribution in [0.3, 0.4) is 0 Å². The molecule has 6 heteroatoms. The van der Waals surface area contributed by atoms with E-state index >= 15 is 0 Å². The molecule has 1 spiro atoms. The highest BCUT2D eigenvalue weighted by Gasteiger charge is 2.46. The summed E-state index contributed by atoms with van der Waals surface area (Å²) < 4.78 is 0.990. The number of amides is 1. The van der Waals surface area contributed by atoms with Crippen molar-refractivity contribution in [2.24, 2.45) is 0 Å². The van der Waals surface area contributed by atoms with Gasteiger partial charge in [0.2, 0.25) is 5.91 Å². The molecule has 28 heavy (non-hydrogen) atoms. The minimum absolute atomic E-state index is 0.0671. The van der Waals surface area contributed by atoms with Crippen LogP contribution in [0, 0.1) is 0 Å². The summed E-state index contributed by atoms with van der Waals surface area (Å²) in [6.45, 7) is 1.24. The number of halogens is 3. The minimum Gasteiger partial charge on any atom is -0.339 e. The molecule has 2 aliphatic rings. The molecule has 0 unspecified atom stereocenters. The van der Waals surface area contributed by atoms with Crippen LogP contribution in [0.4, 0.5) is 0 Å². The van der Waals surface area contributed by atoms with E-state index in [2.05, 4.69) is 15.9 Å². The molecular formula is C22H18BrCl2NO2. The monoisotopic (exact) mass is 477 g/mol. The van der Waals surface area contributed by atoms with Gasteiger partial charge in [0, 0.05) is 56.6 Å². The molecule has 1 aliphatic carbocycles. The maximum Gasteiger partial charge on any atom is 0.246 e. The van der Waals surface area contributed by atoms with Gasteiger partial charge in [-0.25, -0.2) is 0 Å². The van der Waals surface area contributed by atoms with Gasteiger partial charge in [-0.2, -0.15) is 0 Å². The molecule has 1 saturated heterocycles. The molecule has 1 amide bonds. The zero-order valence-corrected chi connectivity index (χ0v) is 18.1. The van der Waals surface area contributed by atoms with Crippen molar-refractivity contribution in [2.45, 2.75) is 24.7 Å². The number of nitrogens with zero attached hydrogens (tertiary/aromatic N) is 1. The summed E-state index contributed by atoms with van der Waals surface area (Å²) >= 11 is 15.9. The van der Waals surface area contributed by atoms with Crippen molar-refractivity contribution in [1.82, 2.24) is 4.90 Å². The SMILES string of the molecule is O=C1CC2(CCN(C(=O)C=Cc3c(Cl)cccc3Cl)CC2)c2c(Br)cccc21. The van der Waals surface area contributed by atoms with Crippen LogP contribution in [-0.4, -0.2) is 29.7 Å². The first-order chi connectivity index (χ1) is 13.4. The van der Waals surface area contributed by atoms with E-state index in [0.717, 1.165) is 28.4 Å². The third-order valence-electron chi connectivity index (χ3n) is 5.77. The summed E-state index contributed by atoms with van der Waals surface area (Å²) in [4.78, 5) is 27.0. The van der Waals surface area contributed by atoms with Crippen LogP contribution in [0.1, 0.15) is 40.7 Å². The van der Waals surface area contributed by atoms with Gasteiger partial charge in [0.25, 0.3) is 0 Å². The van der Waals surface area contributed by atoms with Crippen molar-refractivity contribution in [3.63, 3.8) is 0 Å². The number of ketones is 1. The molecule has 0 aromatic heterocycles. The van der Waals surface area contributed by atoms with Crippen LogP contribution >= 0.6 is 39.1 Å². The summed E-state index contributed by atoms with van der Waals surface area (Å²) in [6.07, 6.45) is 5.27. The van der Waals surface area contributed by atoms with Crippen molar-refractivity contribution in [3.05, 3.63) is 73.7 Å². The summed E-state index contributed by atoms with van der Waals surface area (Å²) in [7, 11) is 0. The number of benzene rings is 2. The van der Waals surface area contributed by atoms with Gasteiger partial charge in [0.05, 0.1) is 0 Å². The second-order valence-electron chi connectivity index (χ2n) is 7.34. The van der Waals surface area contributed by atoms with Crippen LogP contribution in [0.15, 0.2) is 46.9 Å². The first-order valence-electron chi connectivity index (χ1n) is 9.14. The maximum absolute atomic E-state index is 12.7. The van der Waals surface area contributed by atoms with Crippen molar-refractivity contribution < 1.29 is 9.59 Å². The number of carbonyl (C=O) groups is 2. The molecule has 0 bridgehead atoms. The number of hydrogen-bond donors (Lipinski definition) is 0. The maximum atomic E-state index is 12.7. The van der Waals surface area contributed by atoms with Crippen LogP contribution < -0.4 is 0 Å². The lowest BCUT2D eigenvalue weighted by Gasteiger charge is -2.39. The molecule has 2 aromatic carbocycles. The molecule has 3 nitrogen and oxygen atoms in total. The molecular weight excluding hydrogens is 461 g/mol. The first-order valence-corrected chi connectivity index (χ1v) is 10.7. The third kappa shape index (κ3) is 3.42. The summed E-state index contributed by atoms with van der Waals surface area (Å²) in [5.74, 6) is 0.131. The molecule has 0 radical (unpaired) electrons. The lowest BCUT2D eigenvalue weighted by Crippen LogP contribution is -2.44. The van der Waals surface area contributed by atoms with E-state index in [1.807, 2.05) is 23.1 Å². The molecule has 1 heterocycles. The number of rotatable bonds is 2. The van der Waals surface area contributed by atoms with Gasteiger partial charge in [-0.15, -0.1) is 0 Å². The minimum atomic E-state index is -0.168. The predicted molar refractivity (Wildman–Crippen MR) is 116 cm³/mol. The fourth-order valence-corrected chi connectivity index (χ4v) is 5.61. The fraction of sp³-hybridized carbons (Fsp3) is 0.273. The highest BCUT2D eigenvalue weighted by molar-refractivity contribution is 9.10. The summed E-state index contributed by atoms with van der Waals surface area (Å²) in [5.41, 5.74) is 2.42.